The van der Waals surface area contributed by atoms with E-state index in [9.17, 15) is 0 Å². The van der Waals surface area contributed by atoms with Crippen molar-refractivity contribution in [3.63, 3.8) is 0 Å². The Morgan fingerprint density at radius 2 is 1.92 bits per heavy atom. The minimum absolute atomic E-state index is 1.64. The molecular formula is C3H10ClN4O4+. The molecule has 0 atom stereocenters. The van der Waals surface area contributed by atoms with Gasteiger partial charge in [0.15, 0.2) is 5.21 Å². The molecule has 1 aromatic rings. The summed E-state index contributed by atoms with van der Waals surface area (Å²) in [4.78, 5) is 0. The number of tetrazole rings is 1. The van der Waals surface area contributed by atoms with Crippen LogP contribution in [0.1, 0.15) is 0 Å². The Morgan fingerprint density at radius 1 is 1.50 bits per heavy atom. The maximum absolute atomic E-state index is 8.83. The zero-order valence-corrected chi connectivity index (χ0v) is 7.25. The Morgan fingerprint density at radius 3 is 2.00 bits per heavy atom. The van der Waals surface area contributed by atoms with Crippen molar-refractivity contribution in [2.45, 2.75) is 0 Å². The molecule has 0 spiro atoms. The van der Waals surface area contributed by atoms with Crippen molar-refractivity contribution < 1.29 is 33.6 Å². The van der Waals surface area contributed by atoms with Gasteiger partial charge in [-0.25, -0.2) is 0 Å². The second-order valence-corrected chi connectivity index (χ2v) is 2.74. The molecule has 0 aliphatic rings. The number of aromatic nitrogens is 4. The van der Waals surface area contributed by atoms with E-state index in [4.69, 9.17) is 18.6 Å². The molecule has 0 fully saturated rings. The van der Waals surface area contributed by atoms with Crippen LogP contribution in [-0.2, 0) is 14.1 Å². The predicted octanol–water partition coefficient (Wildman–Crippen LogP) is -4.22. The second-order valence-electron chi connectivity index (χ2n) is 1.88. The monoisotopic (exact) mass is 201 g/mol. The molecule has 0 aliphatic carbocycles. The molecule has 12 heavy (non-hydrogen) atoms. The van der Waals surface area contributed by atoms with E-state index in [1.807, 2.05) is 14.1 Å². The van der Waals surface area contributed by atoms with E-state index in [0.29, 0.717) is 0 Å². The summed E-state index contributed by atoms with van der Waals surface area (Å²) in [6.07, 6.45) is 1.78. The molecule has 0 radical (unpaired) electrons. The molecule has 1 aromatic heterocycles. The first-order valence-corrected chi connectivity index (χ1v) is 4.00. The average molecular weight is 202 g/mol. The van der Waals surface area contributed by atoms with Crippen molar-refractivity contribution in [2.75, 3.05) is 0 Å². The van der Waals surface area contributed by atoms with Crippen LogP contribution in [0.2, 0.25) is 0 Å². The fourth-order valence-electron chi connectivity index (χ4n) is 0.414. The topological polar surface area (TPSA) is 118 Å². The molecule has 1 rings (SSSR count). The summed E-state index contributed by atoms with van der Waals surface area (Å²) < 4.78 is 33.5. The molecule has 1 heterocycles. The Balaban J connectivity index is 0.000000217. The standard InChI is InChI=1S/C3H7N4.ClH3O4/c1-6-3-7(2)5-4-6;2-1(3,4)5/h3H,1-2H3;2-4H/q+1;. The number of hydrogen-bond donors (Lipinski definition) is 3. The van der Waals surface area contributed by atoms with E-state index in [-0.39, 0.29) is 0 Å². The number of halogens is 1. The molecule has 3 N–H and O–H groups in total. The van der Waals surface area contributed by atoms with Gasteiger partial charge in [-0.3, -0.25) is 0 Å². The normalized spacial score (nSPS) is 11.8. The Bertz CT molecular complexity index is 210. The fraction of sp³-hybridized carbons (Fsp3) is 0.667. The summed E-state index contributed by atoms with van der Waals surface area (Å²) in [7, 11) is -0.542. The van der Waals surface area contributed by atoms with Crippen LogP contribution in [0.4, 0.5) is 0 Å². The van der Waals surface area contributed by atoms with E-state index >= 15 is 0 Å². The third-order valence-electron chi connectivity index (χ3n) is 0.656. The summed E-state index contributed by atoms with van der Waals surface area (Å²) in [5.74, 6) is 0. The first kappa shape index (κ1) is 11.2. The molecule has 9 heteroatoms. The van der Waals surface area contributed by atoms with Crippen LogP contribution in [0.3, 0.4) is 0 Å². The predicted molar refractivity (Wildman–Crippen MR) is 28.8 cm³/mol. The molecule has 0 saturated heterocycles. The van der Waals surface area contributed by atoms with E-state index in [1.54, 1.807) is 15.7 Å². The molecule has 0 saturated carbocycles. The molecule has 8 nitrogen and oxygen atoms in total. The molecule has 0 bridgehead atoms. The Kier molecular flexibility index (Phi) is 4.00. The van der Waals surface area contributed by atoms with Gasteiger partial charge in [-0.1, -0.05) is 4.68 Å². The van der Waals surface area contributed by atoms with E-state index in [0.717, 1.165) is 0 Å². The van der Waals surface area contributed by atoms with Crippen molar-refractivity contribution in [3.8, 4) is 0 Å². The Labute approximate surface area is 70.0 Å². The number of rotatable bonds is 0. The van der Waals surface area contributed by atoms with E-state index < -0.39 is 10.2 Å². The van der Waals surface area contributed by atoms with Gasteiger partial charge < -0.3 is 0 Å². The van der Waals surface area contributed by atoms with Gasteiger partial charge in [-0.05, 0) is 0 Å². The quantitative estimate of drug-likeness (QED) is 0.366. The molecule has 0 unspecified atom stereocenters. The van der Waals surface area contributed by atoms with Crippen LogP contribution in [-0.4, -0.2) is 29.1 Å². The van der Waals surface area contributed by atoms with Gasteiger partial charge >= 0.3 is 28.9 Å². The number of nitrogens with zero attached hydrogens (tertiary/aromatic N) is 4. The van der Waals surface area contributed by atoms with Crippen LogP contribution < -0.4 is 9.34 Å². The third-order valence-corrected chi connectivity index (χ3v) is 0.656. The fourth-order valence-corrected chi connectivity index (χ4v) is 0.414. The maximum atomic E-state index is 8.83. The van der Waals surface area contributed by atoms with E-state index in [1.165, 1.54) is 0 Å². The van der Waals surface area contributed by atoms with Gasteiger partial charge in [0.1, 0.15) is 5.21 Å². The zero-order chi connectivity index (χ0) is 9.78. The van der Waals surface area contributed by atoms with E-state index in [2.05, 4.69) is 10.4 Å². The number of aryl methyl sites for hydroxylation is 2. The second kappa shape index (κ2) is 4.28. The van der Waals surface area contributed by atoms with Crippen molar-refractivity contribution in [1.82, 2.24) is 15.1 Å². The van der Waals surface area contributed by atoms with Gasteiger partial charge in [0, 0.05) is 0 Å². The molecule has 72 valence electrons. The number of hydrogen-bond acceptors (Lipinski definition) is 6. The molecule has 0 amide bonds. The van der Waals surface area contributed by atoms with Crippen molar-refractivity contribution >= 4 is 0 Å². The molecule has 0 aliphatic heterocycles. The van der Waals surface area contributed by atoms with Crippen LogP contribution >= 0.6 is 0 Å². The van der Waals surface area contributed by atoms with Gasteiger partial charge in [0.2, 0.25) is 6.33 Å². The first-order valence-electron chi connectivity index (χ1n) is 2.67. The molecule has 0 aromatic carbocycles. The van der Waals surface area contributed by atoms with Gasteiger partial charge in [0.05, 0.1) is 14.1 Å². The van der Waals surface area contributed by atoms with Crippen LogP contribution in [0.25, 0.3) is 0 Å². The van der Waals surface area contributed by atoms with Gasteiger partial charge in [0.25, 0.3) is 0 Å². The van der Waals surface area contributed by atoms with Crippen LogP contribution in [0.15, 0.2) is 6.33 Å². The summed E-state index contributed by atoms with van der Waals surface area (Å²) in [5, 5.41) is 7.29. The van der Waals surface area contributed by atoms with Gasteiger partial charge in [-0.2, -0.15) is 0 Å². The SMILES string of the molecule is Cn1c[n+](C)nn1.[O-][Cl+](O)(O)O. The van der Waals surface area contributed by atoms with Gasteiger partial charge in [-0.15, -0.1) is 4.68 Å². The van der Waals surface area contributed by atoms with Crippen LogP contribution in [0, 0.1) is 10.2 Å². The summed E-state index contributed by atoms with van der Waals surface area (Å²) in [5.41, 5.74) is 0. The molecular weight excluding hydrogens is 192 g/mol. The van der Waals surface area contributed by atoms with Crippen molar-refractivity contribution in [1.29, 1.82) is 0 Å². The summed E-state index contributed by atoms with van der Waals surface area (Å²) in [6.45, 7) is 0. The van der Waals surface area contributed by atoms with Crippen molar-refractivity contribution in [2.24, 2.45) is 14.1 Å². The summed E-state index contributed by atoms with van der Waals surface area (Å²) >= 11 is 0. The average Bonchev–Trinajstić information content (AvgIpc) is 2.09. The Hall–Kier alpha value is -0.800. The minimum atomic E-state index is -4.19. The zero-order valence-electron chi connectivity index (χ0n) is 6.49. The summed E-state index contributed by atoms with van der Waals surface area (Å²) in [6, 6.07) is 0. The third kappa shape index (κ3) is 9.20. The van der Waals surface area contributed by atoms with Crippen molar-refractivity contribution in [3.05, 3.63) is 6.33 Å². The first-order chi connectivity index (χ1) is 5.29. The van der Waals surface area contributed by atoms with Crippen LogP contribution in [0.5, 0.6) is 0 Å².